The molecule has 2 rings (SSSR count). The van der Waals surface area contributed by atoms with Gasteiger partial charge in [-0.2, -0.15) is 0 Å². The molecule has 0 aliphatic heterocycles. The Morgan fingerprint density at radius 2 is 1.74 bits per heavy atom. The summed E-state index contributed by atoms with van der Waals surface area (Å²) < 4.78 is 31.7. The lowest BCUT2D eigenvalue weighted by molar-refractivity contribution is -0.115. The van der Waals surface area contributed by atoms with Gasteiger partial charge in [-0.1, -0.05) is 24.6 Å². The summed E-state index contributed by atoms with van der Waals surface area (Å²) in [6.07, 6.45) is 0.961. The Bertz CT molecular complexity index is 1010. The van der Waals surface area contributed by atoms with E-state index in [0.29, 0.717) is 19.6 Å². The van der Waals surface area contributed by atoms with Crippen LogP contribution in [0, 0.1) is 6.92 Å². The van der Waals surface area contributed by atoms with Crippen LogP contribution in [0.1, 0.15) is 49.5 Å². The number of hydrogen-bond acceptors (Lipinski definition) is 5. The first kappa shape index (κ1) is 24.6. The van der Waals surface area contributed by atoms with E-state index in [9.17, 15) is 18.0 Å². The Labute approximate surface area is 184 Å². The molecule has 0 atom stereocenters. The third-order valence-corrected chi connectivity index (χ3v) is 6.34. The van der Waals surface area contributed by atoms with Gasteiger partial charge in [-0.25, -0.2) is 8.42 Å². The highest BCUT2D eigenvalue weighted by molar-refractivity contribution is 7.91. The molecule has 0 aromatic heterocycles. The molecule has 0 heterocycles. The molecule has 2 N–H and O–H groups in total. The molecule has 0 spiro atoms. The maximum atomic E-state index is 13.2. The highest BCUT2D eigenvalue weighted by atomic mass is 32.2. The fourth-order valence-corrected chi connectivity index (χ4v) is 4.18. The number of carbonyl (C=O) groups excluding carboxylic acids is 2. The van der Waals surface area contributed by atoms with Crippen LogP contribution in [0.4, 0.5) is 5.69 Å². The average molecular weight is 447 g/mol. The van der Waals surface area contributed by atoms with E-state index in [2.05, 4.69) is 10.6 Å². The van der Waals surface area contributed by atoms with Crippen molar-refractivity contribution in [3.05, 3.63) is 53.6 Å². The Kier molecular flexibility index (Phi) is 8.76. The van der Waals surface area contributed by atoms with Crippen LogP contribution in [-0.2, 0) is 19.4 Å². The summed E-state index contributed by atoms with van der Waals surface area (Å²) in [5, 5.41) is 5.40. The predicted molar refractivity (Wildman–Crippen MR) is 120 cm³/mol. The zero-order valence-electron chi connectivity index (χ0n) is 18.4. The molecule has 0 saturated heterocycles. The monoisotopic (exact) mass is 446 g/mol. The molecule has 31 heavy (non-hydrogen) atoms. The highest BCUT2D eigenvalue weighted by Gasteiger charge is 2.23. The molecule has 0 saturated carbocycles. The van der Waals surface area contributed by atoms with Gasteiger partial charge in [-0.05, 0) is 57.5 Å². The topological polar surface area (TPSA) is 102 Å². The second-order valence-electron chi connectivity index (χ2n) is 7.46. The maximum Gasteiger partial charge on any atom is 0.251 e. The number of nitrogens with one attached hydrogen (secondary N) is 2. The van der Waals surface area contributed by atoms with Gasteiger partial charge in [0.15, 0.2) is 0 Å². The fraction of sp³-hybridized carbons (Fsp3) is 0.391. The van der Waals surface area contributed by atoms with Gasteiger partial charge in [-0.3, -0.25) is 9.59 Å². The smallest absolute Gasteiger partial charge is 0.251 e. The van der Waals surface area contributed by atoms with E-state index in [0.717, 1.165) is 5.56 Å². The minimum absolute atomic E-state index is 0.0555. The first-order valence-corrected chi connectivity index (χ1v) is 11.8. The molecular weight excluding hydrogens is 416 g/mol. The second kappa shape index (κ2) is 11.1. The third kappa shape index (κ3) is 6.90. The van der Waals surface area contributed by atoms with Gasteiger partial charge in [0.05, 0.1) is 21.6 Å². The number of aryl methyl sites for hydroxylation is 1. The van der Waals surface area contributed by atoms with Crippen molar-refractivity contribution in [2.75, 3.05) is 18.5 Å². The van der Waals surface area contributed by atoms with E-state index < -0.39 is 9.84 Å². The molecule has 7 nitrogen and oxygen atoms in total. The van der Waals surface area contributed by atoms with Crippen molar-refractivity contribution in [2.24, 2.45) is 0 Å². The van der Waals surface area contributed by atoms with Crippen LogP contribution in [-0.4, -0.2) is 39.5 Å². The Hall–Kier alpha value is -2.71. The van der Waals surface area contributed by atoms with Gasteiger partial charge in [-0.15, -0.1) is 0 Å². The molecule has 2 amide bonds. The van der Waals surface area contributed by atoms with Crippen LogP contribution in [0.25, 0.3) is 0 Å². The minimum Gasteiger partial charge on any atom is -0.379 e. The van der Waals surface area contributed by atoms with Crippen LogP contribution in [0.5, 0.6) is 0 Å². The number of rotatable bonds is 10. The van der Waals surface area contributed by atoms with Gasteiger partial charge in [0.25, 0.3) is 5.91 Å². The van der Waals surface area contributed by atoms with E-state index in [1.54, 1.807) is 19.1 Å². The van der Waals surface area contributed by atoms with Crippen LogP contribution in [0.2, 0.25) is 0 Å². The fourth-order valence-electron chi connectivity index (χ4n) is 2.78. The summed E-state index contributed by atoms with van der Waals surface area (Å²) >= 11 is 0. The van der Waals surface area contributed by atoms with E-state index >= 15 is 0 Å². The number of benzene rings is 2. The Morgan fingerprint density at radius 1 is 1.06 bits per heavy atom. The zero-order valence-corrected chi connectivity index (χ0v) is 19.2. The van der Waals surface area contributed by atoms with Crippen molar-refractivity contribution < 1.29 is 22.7 Å². The third-order valence-electron chi connectivity index (χ3n) is 4.52. The molecule has 0 radical (unpaired) electrons. The number of hydrogen-bond donors (Lipinski definition) is 2. The molecular formula is C23H30N2O5S. The van der Waals surface area contributed by atoms with E-state index in [1.807, 2.05) is 20.8 Å². The molecule has 168 valence electrons. The second-order valence-corrected chi connectivity index (χ2v) is 9.38. The van der Waals surface area contributed by atoms with Crippen LogP contribution >= 0.6 is 0 Å². The van der Waals surface area contributed by atoms with Crippen molar-refractivity contribution in [1.29, 1.82) is 0 Å². The highest BCUT2D eigenvalue weighted by Crippen LogP contribution is 2.29. The van der Waals surface area contributed by atoms with Crippen molar-refractivity contribution in [3.63, 3.8) is 0 Å². The maximum absolute atomic E-state index is 13.2. The summed E-state index contributed by atoms with van der Waals surface area (Å²) in [4.78, 5) is 24.6. The van der Waals surface area contributed by atoms with Crippen LogP contribution in [0.3, 0.4) is 0 Å². The molecule has 2 aromatic carbocycles. The number of anilines is 1. The van der Waals surface area contributed by atoms with Crippen molar-refractivity contribution in [3.8, 4) is 0 Å². The van der Waals surface area contributed by atoms with Gasteiger partial charge >= 0.3 is 0 Å². The van der Waals surface area contributed by atoms with Crippen molar-refractivity contribution >= 4 is 27.3 Å². The van der Waals surface area contributed by atoms with E-state index in [-0.39, 0.29) is 45.4 Å². The Morgan fingerprint density at radius 3 is 2.35 bits per heavy atom. The standard InChI is InChI=1S/C23H30N2O5S/c1-5-22(26)25-20-15-18(23(27)24-13-6-14-30-16(2)3)9-12-21(20)31(28,29)19-10-7-17(4)8-11-19/h7-12,15-16H,5-6,13-14H2,1-4H3,(H,24,27)(H,25,26). The number of amides is 2. The van der Waals surface area contributed by atoms with E-state index in [4.69, 9.17) is 4.74 Å². The van der Waals surface area contributed by atoms with Gasteiger partial charge in [0.1, 0.15) is 0 Å². The average Bonchev–Trinajstić information content (AvgIpc) is 2.73. The van der Waals surface area contributed by atoms with Crippen molar-refractivity contribution in [1.82, 2.24) is 5.32 Å². The lowest BCUT2D eigenvalue weighted by atomic mass is 10.2. The Balaban J connectivity index is 2.28. The molecule has 0 unspecified atom stereocenters. The number of carbonyl (C=O) groups is 2. The number of ether oxygens (including phenoxy) is 1. The molecule has 2 aromatic rings. The molecule has 0 aliphatic carbocycles. The van der Waals surface area contributed by atoms with Crippen LogP contribution in [0.15, 0.2) is 52.3 Å². The van der Waals surface area contributed by atoms with E-state index in [1.165, 1.54) is 30.3 Å². The summed E-state index contributed by atoms with van der Waals surface area (Å²) in [7, 11) is -3.88. The SMILES string of the molecule is CCC(=O)Nc1cc(C(=O)NCCCOC(C)C)ccc1S(=O)(=O)c1ccc(C)cc1. The summed E-state index contributed by atoms with van der Waals surface area (Å²) in [5.74, 6) is -0.695. The molecule has 0 fully saturated rings. The van der Waals surface area contributed by atoms with Crippen molar-refractivity contribution in [2.45, 2.75) is 56.4 Å². The first-order chi connectivity index (χ1) is 14.6. The molecule has 0 bridgehead atoms. The van der Waals surface area contributed by atoms with Crippen LogP contribution < -0.4 is 10.6 Å². The molecule has 0 aliphatic rings. The zero-order chi connectivity index (χ0) is 23.0. The predicted octanol–water partition coefficient (Wildman–Crippen LogP) is 3.72. The molecule has 8 heteroatoms. The largest absolute Gasteiger partial charge is 0.379 e. The summed E-state index contributed by atoms with van der Waals surface area (Å²) in [6, 6.07) is 10.7. The summed E-state index contributed by atoms with van der Waals surface area (Å²) in [6.45, 7) is 8.37. The first-order valence-electron chi connectivity index (χ1n) is 10.3. The minimum atomic E-state index is -3.88. The quantitative estimate of drug-likeness (QED) is 0.542. The lowest BCUT2D eigenvalue weighted by Crippen LogP contribution is -2.26. The van der Waals surface area contributed by atoms with Gasteiger partial charge in [0, 0.05) is 25.1 Å². The number of sulfone groups is 1. The summed E-state index contributed by atoms with van der Waals surface area (Å²) in [5.41, 5.74) is 1.28. The lowest BCUT2D eigenvalue weighted by Gasteiger charge is -2.14. The van der Waals surface area contributed by atoms with Gasteiger partial charge in [0.2, 0.25) is 15.7 Å². The normalized spacial score (nSPS) is 11.4. The van der Waals surface area contributed by atoms with Gasteiger partial charge < -0.3 is 15.4 Å².